The number of aromatic amines is 1. The number of nitrogens with zero attached hydrogens (tertiary/aromatic N) is 2. The molecule has 2 aromatic rings. The van der Waals surface area contributed by atoms with Crippen molar-refractivity contribution in [1.29, 1.82) is 0 Å². The van der Waals surface area contributed by atoms with Crippen LogP contribution < -0.4 is 11.1 Å². The molecular formula is C12H15N5O. The van der Waals surface area contributed by atoms with Crippen LogP contribution in [0.4, 0.5) is 11.5 Å². The van der Waals surface area contributed by atoms with Crippen LogP contribution in [0.5, 0.6) is 0 Å². The largest absolute Gasteiger partial charge is 0.394 e. The van der Waals surface area contributed by atoms with Crippen molar-refractivity contribution in [3.63, 3.8) is 0 Å². The van der Waals surface area contributed by atoms with Gasteiger partial charge in [-0.25, -0.2) is 0 Å². The quantitative estimate of drug-likeness (QED) is 0.748. The number of rotatable bonds is 2. The Bertz CT molecular complexity index is 603. The SMILES string of the molecule is Cc1ccc(C(=O)Nc2n[nH]c(C)c2N)c(C)n1. The molecule has 0 saturated carbocycles. The van der Waals surface area contributed by atoms with Gasteiger partial charge >= 0.3 is 0 Å². The molecule has 0 aromatic carbocycles. The number of amides is 1. The van der Waals surface area contributed by atoms with Crippen LogP contribution in [-0.2, 0) is 0 Å². The maximum Gasteiger partial charge on any atom is 0.258 e. The fraction of sp³-hybridized carbons (Fsp3) is 0.250. The number of aryl methyl sites for hydroxylation is 3. The first-order chi connectivity index (χ1) is 8.49. The van der Waals surface area contributed by atoms with Crippen LogP contribution in [-0.4, -0.2) is 21.1 Å². The molecule has 4 N–H and O–H groups in total. The van der Waals surface area contributed by atoms with Crippen molar-refractivity contribution in [2.24, 2.45) is 0 Å². The summed E-state index contributed by atoms with van der Waals surface area (Å²) in [5, 5.41) is 9.30. The van der Waals surface area contributed by atoms with E-state index in [-0.39, 0.29) is 5.91 Å². The number of aromatic nitrogens is 3. The highest BCUT2D eigenvalue weighted by Crippen LogP contribution is 2.19. The van der Waals surface area contributed by atoms with Crippen molar-refractivity contribution in [3.8, 4) is 0 Å². The van der Waals surface area contributed by atoms with Gasteiger partial charge in [-0.05, 0) is 32.9 Å². The molecule has 2 rings (SSSR count). The van der Waals surface area contributed by atoms with Crippen LogP contribution >= 0.6 is 0 Å². The van der Waals surface area contributed by atoms with Gasteiger partial charge in [0.1, 0.15) is 0 Å². The number of hydrogen-bond acceptors (Lipinski definition) is 4. The highest BCUT2D eigenvalue weighted by atomic mass is 16.1. The number of nitrogens with one attached hydrogen (secondary N) is 2. The van der Waals surface area contributed by atoms with Gasteiger partial charge in [0.15, 0.2) is 5.82 Å². The second-order valence-corrected chi connectivity index (χ2v) is 4.15. The zero-order valence-electron chi connectivity index (χ0n) is 10.5. The summed E-state index contributed by atoms with van der Waals surface area (Å²) in [6.45, 7) is 5.46. The van der Waals surface area contributed by atoms with Gasteiger partial charge < -0.3 is 11.1 Å². The van der Waals surface area contributed by atoms with Crippen molar-refractivity contribution >= 4 is 17.4 Å². The molecule has 6 nitrogen and oxygen atoms in total. The zero-order chi connectivity index (χ0) is 13.3. The molecule has 0 radical (unpaired) electrons. The van der Waals surface area contributed by atoms with E-state index in [4.69, 9.17) is 5.73 Å². The third-order valence-electron chi connectivity index (χ3n) is 2.70. The molecule has 0 spiro atoms. The average Bonchev–Trinajstić information content (AvgIpc) is 2.61. The van der Waals surface area contributed by atoms with E-state index in [0.29, 0.717) is 22.8 Å². The Hall–Kier alpha value is -2.37. The zero-order valence-corrected chi connectivity index (χ0v) is 10.5. The average molecular weight is 245 g/mol. The lowest BCUT2D eigenvalue weighted by atomic mass is 10.1. The molecule has 6 heteroatoms. The fourth-order valence-corrected chi connectivity index (χ4v) is 1.63. The fourth-order valence-electron chi connectivity index (χ4n) is 1.63. The lowest BCUT2D eigenvalue weighted by molar-refractivity contribution is 0.102. The maximum atomic E-state index is 12.0. The summed E-state index contributed by atoms with van der Waals surface area (Å²) in [5.74, 6) is 0.0793. The van der Waals surface area contributed by atoms with Crippen LogP contribution in [0.3, 0.4) is 0 Å². The Labute approximate surface area is 105 Å². The van der Waals surface area contributed by atoms with Crippen LogP contribution in [0.1, 0.15) is 27.4 Å². The molecule has 18 heavy (non-hydrogen) atoms. The number of pyridine rings is 1. The minimum absolute atomic E-state index is 0.266. The molecule has 0 atom stereocenters. The third-order valence-corrected chi connectivity index (χ3v) is 2.70. The predicted molar refractivity (Wildman–Crippen MR) is 69.4 cm³/mol. The molecule has 0 saturated heterocycles. The number of nitrogens with two attached hydrogens (primary N) is 1. The van der Waals surface area contributed by atoms with Gasteiger partial charge in [-0.15, -0.1) is 0 Å². The van der Waals surface area contributed by atoms with Crippen molar-refractivity contribution < 1.29 is 4.79 Å². The minimum atomic E-state index is -0.266. The van der Waals surface area contributed by atoms with E-state index in [1.807, 2.05) is 6.92 Å². The van der Waals surface area contributed by atoms with E-state index in [1.54, 1.807) is 26.0 Å². The van der Waals surface area contributed by atoms with Crippen LogP contribution in [0.15, 0.2) is 12.1 Å². The first-order valence-corrected chi connectivity index (χ1v) is 5.55. The second kappa shape index (κ2) is 4.48. The second-order valence-electron chi connectivity index (χ2n) is 4.15. The molecule has 2 aromatic heterocycles. The molecule has 0 bridgehead atoms. The number of nitrogen functional groups attached to an aromatic ring is 1. The summed E-state index contributed by atoms with van der Waals surface area (Å²) >= 11 is 0. The molecule has 0 aliphatic rings. The van der Waals surface area contributed by atoms with E-state index >= 15 is 0 Å². The first kappa shape index (κ1) is 12.1. The monoisotopic (exact) mass is 245 g/mol. The van der Waals surface area contributed by atoms with E-state index < -0.39 is 0 Å². The molecular weight excluding hydrogens is 230 g/mol. The molecule has 2 heterocycles. The lowest BCUT2D eigenvalue weighted by Crippen LogP contribution is -2.15. The van der Waals surface area contributed by atoms with Crippen molar-refractivity contribution in [3.05, 3.63) is 34.8 Å². The topological polar surface area (TPSA) is 96.7 Å². The molecule has 0 fully saturated rings. The summed E-state index contributed by atoms with van der Waals surface area (Å²) in [6, 6.07) is 3.53. The molecule has 1 amide bonds. The smallest absolute Gasteiger partial charge is 0.258 e. The van der Waals surface area contributed by atoms with E-state index in [1.165, 1.54) is 0 Å². The number of carbonyl (C=O) groups excluding carboxylic acids is 1. The number of hydrogen-bond donors (Lipinski definition) is 3. The van der Waals surface area contributed by atoms with E-state index in [2.05, 4.69) is 20.5 Å². The van der Waals surface area contributed by atoms with E-state index in [0.717, 1.165) is 11.4 Å². The normalized spacial score (nSPS) is 10.4. The third kappa shape index (κ3) is 2.17. The summed E-state index contributed by atoms with van der Waals surface area (Å²) in [6.07, 6.45) is 0. The van der Waals surface area contributed by atoms with Crippen LogP contribution in [0.2, 0.25) is 0 Å². The highest BCUT2D eigenvalue weighted by Gasteiger charge is 2.14. The van der Waals surface area contributed by atoms with Crippen molar-refractivity contribution in [2.75, 3.05) is 11.1 Å². The van der Waals surface area contributed by atoms with Crippen LogP contribution in [0.25, 0.3) is 0 Å². The summed E-state index contributed by atoms with van der Waals surface area (Å²) < 4.78 is 0. The Morgan fingerprint density at radius 3 is 2.61 bits per heavy atom. The Balaban J connectivity index is 2.25. The van der Waals surface area contributed by atoms with Gasteiger partial charge in [0, 0.05) is 5.69 Å². The summed E-state index contributed by atoms with van der Waals surface area (Å²) in [4.78, 5) is 16.3. The number of anilines is 2. The molecule has 0 unspecified atom stereocenters. The number of H-pyrrole nitrogens is 1. The predicted octanol–water partition coefficient (Wildman–Crippen LogP) is 1.56. The van der Waals surface area contributed by atoms with Crippen molar-refractivity contribution in [2.45, 2.75) is 20.8 Å². The maximum absolute atomic E-state index is 12.0. The molecule has 94 valence electrons. The van der Waals surface area contributed by atoms with E-state index in [9.17, 15) is 4.79 Å². The van der Waals surface area contributed by atoms with Gasteiger partial charge in [-0.2, -0.15) is 5.10 Å². The van der Waals surface area contributed by atoms with Crippen LogP contribution in [0, 0.1) is 20.8 Å². The minimum Gasteiger partial charge on any atom is -0.394 e. The van der Waals surface area contributed by atoms with Gasteiger partial charge in [-0.1, -0.05) is 0 Å². The Morgan fingerprint density at radius 1 is 1.33 bits per heavy atom. The van der Waals surface area contributed by atoms with Gasteiger partial charge in [-0.3, -0.25) is 14.9 Å². The number of carbonyl (C=O) groups is 1. The highest BCUT2D eigenvalue weighted by molar-refractivity contribution is 6.05. The Kier molecular flexibility index (Phi) is 3.01. The lowest BCUT2D eigenvalue weighted by Gasteiger charge is -2.06. The van der Waals surface area contributed by atoms with Gasteiger partial charge in [0.25, 0.3) is 5.91 Å². The Morgan fingerprint density at radius 2 is 2.06 bits per heavy atom. The summed E-state index contributed by atoms with van der Waals surface area (Å²) in [7, 11) is 0. The molecule has 0 aliphatic carbocycles. The first-order valence-electron chi connectivity index (χ1n) is 5.55. The van der Waals surface area contributed by atoms with Crippen molar-refractivity contribution in [1.82, 2.24) is 15.2 Å². The molecule has 0 aliphatic heterocycles. The van der Waals surface area contributed by atoms with Gasteiger partial charge in [0.2, 0.25) is 0 Å². The van der Waals surface area contributed by atoms with Gasteiger partial charge in [0.05, 0.1) is 22.6 Å². The summed E-state index contributed by atoms with van der Waals surface area (Å²) in [5.41, 5.74) is 9.01. The standard InChI is InChI=1S/C12H15N5O/c1-6-4-5-9(7(2)14-6)12(18)15-11-10(13)8(3)16-17-11/h4-5H,13H2,1-3H3,(H2,15,16,17,18).